The third kappa shape index (κ3) is 10.6. The van der Waals surface area contributed by atoms with E-state index >= 15 is 0 Å². The third-order valence-electron chi connectivity index (χ3n) is 8.06. The molecule has 4 rings (SSSR count). The number of esters is 1. The van der Waals surface area contributed by atoms with Gasteiger partial charge in [-0.25, -0.2) is 4.79 Å². The number of benzene rings is 4. The van der Waals surface area contributed by atoms with Crippen LogP contribution in [0.5, 0.6) is 11.5 Å². The van der Waals surface area contributed by atoms with Gasteiger partial charge in [0.15, 0.2) is 0 Å². The molecule has 3 nitrogen and oxygen atoms in total. The lowest BCUT2D eigenvalue weighted by molar-refractivity contribution is 0.0735. The largest absolute Gasteiger partial charge is 0.494 e. The number of aryl methyl sites for hydroxylation is 1. The summed E-state index contributed by atoms with van der Waals surface area (Å²) in [5.74, 6) is 0.944. The molecule has 0 atom stereocenters. The molecule has 0 fully saturated rings. The molecule has 0 N–H and O–H groups in total. The maximum atomic E-state index is 12.9. The summed E-state index contributed by atoms with van der Waals surface area (Å²) in [5.41, 5.74) is 5.84. The molecule has 0 bridgehead atoms. The van der Waals surface area contributed by atoms with Gasteiger partial charge >= 0.3 is 5.97 Å². The normalized spacial score (nSPS) is 11.0. The van der Waals surface area contributed by atoms with Crippen molar-refractivity contribution in [1.29, 1.82) is 0 Å². The van der Waals surface area contributed by atoms with Crippen molar-refractivity contribution < 1.29 is 14.3 Å². The molecule has 0 aliphatic carbocycles. The zero-order valence-electron chi connectivity index (χ0n) is 26.5. The fraction of sp³-hybridized carbons (Fsp3) is 0.375. The zero-order valence-corrected chi connectivity index (χ0v) is 27.2. The van der Waals surface area contributed by atoms with Gasteiger partial charge in [-0.1, -0.05) is 138 Å². The molecule has 0 saturated heterocycles. The Morgan fingerprint density at radius 1 is 0.591 bits per heavy atom. The zero-order chi connectivity index (χ0) is 31.0. The van der Waals surface area contributed by atoms with Gasteiger partial charge in [0.1, 0.15) is 11.5 Å². The highest BCUT2D eigenvalue weighted by atomic mass is 35.5. The van der Waals surface area contributed by atoms with E-state index in [1.54, 1.807) is 12.1 Å². The smallest absolute Gasteiger partial charge is 0.343 e. The molecule has 4 heteroatoms. The van der Waals surface area contributed by atoms with Crippen molar-refractivity contribution in [3.63, 3.8) is 0 Å². The minimum Gasteiger partial charge on any atom is -0.494 e. The van der Waals surface area contributed by atoms with Crippen LogP contribution in [0.4, 0.5) is 0 Å². The molecule has 0 aromatic heterocycles. The lowest BCUT2D eigenvalue weighted by Gasteiger charge is -2.10. The third-order valence-corrected chi connectivity index (χ3v) is 8.37. The first-order chi connectivity index (χ1) is 21.6. The Balaban J connectivity index is 1.27. The lowest BCUT2D eigenvalue weighted by atomic mass is 10.00. The average molecular weight is 611 g/mol. The van der Waals surface area contributed by atoms with Gasteiger partial charge < -0.3 is 9.47 Å². The predicted octanol–water partition coefficient (Wildman–Crippen LogP) is 12.1. The Hall–Kier alpha value is -3.56. The van der Waals surface area contributed by atoms with E-state index in [0.29, 0.717) is 16.3 Å². The first-order valence-corrected chi connectivity index (χ1v) is 16.9. The SMILES string of the molecule is CCCCCCCCc1ccc(-c2ccc(C(=O)Oc3ccc(-c4ccc(OCCCCCCC)cc4)cc3)cc2Cl)cc1. The van der Waals surface area contributed by atoms with Crippen molar-refractivity contribution in [1.82, 2.24) is 0 Å². The number of halogens is 1. The van der Waals surface area contributed by atoms with Gasteiger partial charge in [0.2, 0.25) is 0 Å². The summed E-state index contributed by atoms with van der Waals surface area (Å²) in [7, 11) is 0. The van der Waals surface area contributed by atoms with Gasteiger partial charge in [-0.05, 0) is 77.9 Å². The summed E-state index contributed by atoms with van der Waals surface area (Å²) in [6, 6.07) is 29.6. The molecule has 4 aromatic rings. The van der Waals surface area contributed by atoms with Gasteiger partial charge in [-0.2, -0.15) is 0 Å². The van der Waals surface area contributed by atoms with E-state index in [-0.39, 0.29) is 0 Å². The topological polar surface area (TPSA) is 35.5 Å². The van der Waals surface area contributed by atoms with Gasteiger partial charge in [0.05, 0.1) is 12.2 Å². The van der Waals surface area contributed by atoms with Crippen molar-refractivity contribution in [3.8, 4) is 33.8 Å². The monoisotopic (exact) mass is 610 g/mol. The first kappa shape index (κ1) is 33.3. The van der Waals surface area contributed by atoms with E-state index in [9.17, 15) is 4.79 Å². The molecule has 4 aromatic carbocycles. The minimum absolute atomic E-state index is 0.420. The van der Waals surface area contributed by atoms with E-state index in [4.69, 9.17) is 21.1 Å². The Morgan fingerprint density at radius 2 is 1.14 bits per heavy atom. The Kier molecular flexibility index (Phi) is 13.9. The number of hydrogen-bond donors (Lipinski definition) is 0. The van der Waals surface area contributed by atoms with E-state index in [2.05, 4.69) is 50.2 Å². The molecule has 0 heterocycles. The summed E-state index contributed by atoms with van der Waals surface area (Å²) >= 11 is 6.63. The van der Waals surface area contributed by atoms with Crippen LogP contribution in [0.25, 0.3) is 22.3 Å². The second-order valence-electron chi connectivity index (χ2n) is 11.6. The molecule has 0 spiro atoms. The Labute approximate surface area is 269 Å². The highest BCUT2D eigenvalue weighted by Crippen LogP contribution is 2.30. The lowest BCUT2D eigenvalue weighted by Crippen LogP contribution is -2.08. The molecule has 232 valence electrons. The van der Waals surface area contributed by atoms with E-state index in [1.165, 1.54) is 69.8 Å². The molecule has 0 saturated carbocycles. The van der Waals surface area contributed by atoms with Crippen LogP contribution in [0, 0.1) is 0 Å². The second-order valence-corrected chi connectivity index (χ2v) is 12.0. The molecule has 0 radical (unpaired) electrons. The molecule has 0 amide bonds. The number of unbranched alkanes of at least 4 members (excludes halogenated alkanes) is 9. The summed E-state index contributed by atoms with van der Waals surface area (Å²) in [6.45, 7) is 5.23. The van der Waals surface area contributed by atoms with Crippen LogP contribution in [-0.4, -0.2) is 12.6 Å². The van der Waals surface area contributed by atoms with Crippen LogP contribution >= 0.6 is 11.6 Å². The molecule has 0 unspecified atom stereocenters. The Morgan fingerprint density at radius 3 is 1.75 bits per heavy atom. The maximum absolute atomic E-state index is 12.9. The van der Waals surface area contributed by atoms with Gasteiger partial charge in [-0.3, -0.25) is 0 Å². The average Bonchev–Trinajstić information content (AvgIpc) is 3.05. The van der Waals surface area contributed by atoms with E-state index in [0.717, 1.165) is 47.5 Å². The second kappa shape index (κ2) is 18.3. The van der Waals surface area contributed by atoms with Gasteiger partial charge in [-0.15, -0.1) is 0 Å². The summed E-state index contributed by atoms with van der Waals surface area (Å²) in [6.07, 6.45) is 15.0. The molecular weight excluding hydrogens is 564 g/mol. The van der Waals surface area contributed by atoms with E-state index < -0.39 is 5.97 Å². The van der Waals surface area contributed by atoms with Crippen molar-refractivity contribution >= 4 is 17.6 Å². The van der Waals surface area contributed by atoms with Crippen LogP contribution in [-0.2, 0) is 6.42 Å². The first-order valence-electron chi connectivity index (χ1n) is 16.5. The standard InChI is InChI=1S/C40H47ClO3/c1-3-5-7-9-10-12-14-31-15-17-34(18-16-31)38-28-23-35(30-39(38)41)40(42)44-37-26-21-33(22-27-37)32-19-24-36(25-20-32)43-29-13-11-8-6-4-2/h15-28,30H,3-14,29H2,1-2H3. The Bertz CT molecular complexity index is 1410. The maximum Gasteiger partial charge on any atom is 0.343 e. The van der Waals surface area contributed by atoms with Gasteiger partial charge in [0, 0.05) is 10.6 Å². The molecule has 0 aliphatic heterocycles. The molecular formula is C40H47ClO3. The number of rotatable bonds is 18. The van der Waals surface area contributed by atoms with Crippen molar-refractivity contribution in [3.05, 3.63) is 107 Å². The van der Waals surface area contributed by atoms with Crippen LogP contribution in [0.15, 0.2) is 91.0 Å². The van der Waals surface area contributed by atoms with Crippen LogP contribution in [0.3, 0.4) is 0 Å². The molecule has 44 heavy (non-hydrogen) atoms. The minimum atomic E-state index is -0.434. The van der Waals surface area contributed by atoms with Crippen LogP contribution in [0.2, 0.25) is 5.02 Å². The van der Waals surface area contributed by atoms with Gasteiger partial charge in [0.25, 0.3) is 0 Å². The van der Waals surface area contributed by atoms with E-state index in [1.807, 2.05) is 42.5 Å². The number of carbonyl (C=O) groups excluding carboxylic acids is 1. The highest BCUT2D eigenvalue weighted by Gasteiger charge is 2.13. The summed E-state index contributed by atoms with van der Waals surface area (Å²) in [4.78, 5) is 12.9. The summed E-state index contributed by atoms with van der Waals surface area (Å²) < 4.78 is 11.5. The van der Waals surface area contributed by atoms with Crippen LogP contribution < -0.4 is 9.47 Å². The van der Waals surface area contributed by atoms with Crippen LogP contribution in [0.1, 0.15) is 100 Å². The summed E-state index contributed by atoms with van der Waals surface area (Å²) in [5, 5.41) is 0.530. The number of hydrogen-bond acceptors (Lipinski definition) is 3. The highest BCUT2D eigenvalue weighted by molar-refractivity contribution is 6.33. The van der Waals surface area contributed by atoms with Crippen molar-refractivity contribution in [2.45, 2.75) is 90.9 Å². The number of ether oxygens (including phenoxy) is 2. The molecule has 0 aliphatic rings. The number of carbonyl (C=O) groups is 1. The van der Waals surface area contributed by atoms with Crippen molar-refractivity contribution in [2.24, 2.45) is 0 Å². The fourth-order valence-corrected chi connectivity index (χ4v) is 5.65. The predicted molar refractivity (Wildman–Crippen MR) is 185 cm³/mol. The quantitative estimate of drug-likeness (QED) is 0.0638. The van der Waals surface area contributed by atoms with Crippen molar-refractivity contribution in [2.75, 3.05) is 6.61 Å². The fourth-order valence-electron chi connectivity index (χ4n) is 5.36.